The number of aliphatic hydroxyl groups excluding tert-OH is 1. The molecular formula is C11H18N2O. The molecule has 1 rings (SSSR count). The van der Waals surface area contributed by atoms with E-state index in [1.807, 2.05) is 19.1 Å². The van der Waals surface area contributed by atoms with Crippen molar-refractivity contribution >= 4 is 5.82 Å². The first-order chi connectivity index (χ1) is 6.63. The van der Waals surface area contributed by atoms with Gasteiger partial charge in [-0.05, 0) is 38.8 Å². The lowest BCUT2D eigenvalue weighted by atomic mass is 10.1. The Balaban J connectivity index is 2.78. The van der Waals surface area contributed by atoms with Gasteiger partial charge in [0.15, 0.2) is 0 Å². The molecule has 0 aromatic carbocycles. The molecule has 0 radical (unpaired) electrons. The molecular weight excluding hydrogens is 176 g/mol. The second kappa shape index (κ2) is 4.96. The van der Waals surface area contributed by atoms with Crippen molar-refractivity contribution in [1.29, 1.82) is 0 Å². The van der Waals surface area contributed by atoms with Crippen LogP contribution in [-0.4, -0.2) is 22.7 Å². The average molecular weight is 194 g/mol. The van der Waals surface area contributed by atoms with Crippen molar-refractivity contribution in [3.8, 4) is 0 Å². The van der Waals surface area contributed by atoms with Crippen molar-refractivity contribution in [2.45, 2.75) is 33.2 Å². The SMILES string of the molecule is Cc1nc(NC(C)C)ccc1CCO. The molecule has 0 saturated carbocycles. The Morgan fingerprint density at radius 3 is 2.64 bits per heavy atom. The van der Waals surface area contributed by atoms with Gasteiger partial charge in [-0.2, -0.15) is 0 Å². The normalized spacial score (nSPS) is 10.6. The van der Waals surface area contributed by atoms with E-state index in [1.165, 1.54) is 0 Å². The first kappa shape index (κ1) is 11.0. The van der Waals surface area contributed by atoms with Gasteiger partial charge < -0.3 is 10.4 Å². The molecule has 0 atom stereocenters. The van der Waals surface area contributed by atoms with Crippen LogP contribution in [-0.2, 0) is 6.42 Å². The molecule has 0 unspecified atom stereocenters. The minimum absolute atomic E-state index is 0.180. The fraction of sp³-hybridized carbons (Fsp3) is 0.545. The highest BCUT2D eigenvalue weighted by molar-refractivity contribution is 5.39. The van der Waals surface area contributed by atoms with Crippen molar-refractivity contribution in [1.82, 2.24) is 4.98 Å². The molecule has 2 N–H and O–H groups in total. The minimum atomic E-state index is 0.180. The molecule has 0 fully saturated rings. The molecule has 0 amide bonds. The van der Waals surface area contributed by atoms with E-state index >= 15 is 0 Å². The third kappa shape index (κ3) is 3.00. The number of aliphatic hydroxyl groups is 1. The molecule has 0 aliphatic rings. The maximum absolute atomic E-state index is 8.82. The van der Waals surface area contributed by atoms with Crippen LogP contribution in [0, 0.1) is 6.92 Å². The summed E-state index contributed by atoms with van der Waals surface area (Å²) in [5.74, 6) is 0.902. The van der Waals surface area contributed by atoms with Crippen LogP contribution < -0.4 is 5.32 Å². The molecule has 1 aromatic heterocycles. The number of aromatic nitrogens is 1. The van der Waals surface area contributed by atoms with Gasteiger partial charge in [-0.3, -0.25) is 0 Å². The average Bonchev–Trinajstić information content (AvgIpc) is 2.09. The van der Waals surface area contributed by atoms with Gasteiger partial charge in [0.05, 0.1) is 0 Å². The van der Waals surface area contributed by atoms with E-state index in [-0.39, 0.29) is 6.61 Å². The summed E-state index contributed by atoms with van der Waals surface area (Å²) >= 11 is 0. The molecule has 1 heterocycles. The van der Waals surface area contributed by atoms with Gasteiger partial charge in [-0.15, -0.1) is 0 Å². The topological polar surface area (TPSA) is 45.2 Å². The number of hydrogen-bond acceptors (Lipinski definition) is 3. The summed E-state index contributed by atoms with van der Waals surface area (Å²) in [6, 6.07) is 4.37. The molecule has 3 nitrogen and oxygen atoms in total. The van der Waals surface area contributed by atoms with E-state index in [2.05, 4.69) is 24.1 Å². The molecule has 78 valence electrons. The lowest BCUT2D eigenvalue weighted by Gasteiger charge is -2.11. The summed E-state index contributed by atoms with van der Waals surface area (Å²) in [4.78, 5) is 4.41. The minimum Gasteiger partial charge on any atom is -0.396 e. The van der Waals surface area contributed by atoms with Crippen LogP contribution in [0.1, 0.15) is 25.1 Å². The van der Waals surface area contributed by atoms with Crippen molar-refractivity contribution in [2.75, 3.05) is 11.9 Å². The van der Waals surface area contributed by atoms with Gasteiger partial charge in [0.2, 0.25) is 0 Å². The molecule has 0 aliphatic carbocycles. The Hall–Kier alpha value is -1.09. The van der Waals surface area contributed by atoms with Gasteiger partial charge in [0.25, 0.3) is 0 Å². The van der Waals surface area contributed by atoms with Crippen LogP contribution in [0.5, 0.6) is 0 Å². The van der Waals surface area contributed by atoms with E-state index in [4.69, 9.17) is 5.11 Å². The van der Waals surface area contributed by atoms with Crippen LogP contribution in [0.4, 0.5) is 5.82 Å². The van der Waals surface area contributed by atoms with Crippen molar-refractivity contribution in [3.63, 3.8) is 0 Å². The van der Waals surface area contributed by atoms with E-state index in [0.29, 0.717) is 12.5 Å². The maximum Gasteiger partial charge on any atom is 0.126 e. The number of nitrogens with zero attached hydrogens (tertiary/aromatic N) is 1. The van der Waals surface area contributed by atoms with Crippen LogP contribution in [0.25, 0.3) is 0 Å². The van der Waals surface area contributed by atoms with Crippen LogP contribution >= 0.6 is 0 Å². The highest BCUT2D eigenvalue weighted by Crippen LogP contribution is 2.11. The number of hydrogen-bond donors (Lipinski definition) is 2. The largest absolute Gasteiger partial charge is 0.396 e. The summed E-state index contributed by atoms with van der Waals surface area (Å²) in [6.07, 6.45) is 0.681. The predicted molar refractivity (Wildman–Crippen MR) is 58.5 cm³/mol. The third-order valence-electron chi connectivity index (χ3n) is 2.01. The highest BCUT2D eigenvalue weighted by Gasteiger charge is 2.01. The predicted octanol–water partition coefficient (Wildman–Crippen LogP) is 1.75. The van der Waals surface area contributed by atoms with Crippen molar-refractivity contribution in [2.24, 2.45) is 0 Å². The van der Waals surface area contributed by atoms with E-state index in [0.717, 1.165) is 17.1 Å². The molecule has 0 aliphatic heterocycles. The number of pyridine rings is 1. The van der Waals surface area contributed by atoms with Gasteiger partial charge in [0.1, 0.15) is 5.82 Å². The zero-order valence-corrected chi connectivity index (χ0v) is 9.04. The van der Waals surface area contributed by atoms with Gasteiger partial charge in [-0.1, -0.05) is 6.07 Å². The van der Waals surface area contributed by atoms with E-state index in [9.17, 15) is 0 Å². The smallest absolute Gasteiger partial charge is 0.126 e. The zero-order valence-electron chi connectivity index (χ0n) is 9.04. The van der Waals surface area contributed by atoms with Crippen molar-refractivity contribution in [3.05, 3.63) is 23.4 Å². The molecule has 14 heavy (non-hydrogen) atoms. The summed E-state index contributed by atoms with van der Waals surface area (Å²) in [5, 5.41) is 12.1. The number of nitrogens with one attached hydrogen (secondary N) is 1. The quantitative estimate of drug-likeness (QED) is 0.767. The summed E-state index contributed by atoms with van der Waals surface area (Å²) in [7, 11) is 0. The van der Waals surface area contributed by atoms with E-state index < -0.39 is 0 Å². The maximum atomic E-state index is 8.82. The van der Waals surface area contributed by atoms with E-state index in [1.54, 1.807) is 0 Å². The molecule has 3 heteroatoms. The summed E-state index contributed by atoms with van der Waals surface area (Å²) < 4.78 is 0. The second-order valence-electron chi connectivity index (χ2n) is 3.71. The summed E-state index contributed by atoms with van der Waals surface area (Å²) in [5.41, 5.74) is 2.10. The Kier molecular flexibility index (Phi) is 3.89. The van der Waals surface area contributed by atoms with Gasteiger partial charge in [0, 0.05) is 18.3 Å². The summed E-state index contributed by atoms with van der Waals surface area (Å²) in [6.45, 7) is 6.31. The zero-order chi connectivity index (χ0) is 10.6. The Bertz CT molecular complexity index is 297. The van der Waals surface area contributed by atoms with Gasteiger partial charge in [-0.25, -0.2) is 4.98 Å². The fourth-order valence-electron chi connectivity index (χ4n) is 1.35. The van der Waals surface area contributed by atoms with Gasteiger partial charge >= 0.3 is 0 Å². The van der Waals surface area contributed by atoms with Crippen molar-refractivity contribution < 1.29 is 5.11 Å². The third-order valence-corrected chi connectivity index (χ3v) is 2.01. The monoisotopic (exact) mass is 194 g/mol. The number of anilines is 1. The van der Waals surface area contributed by atoms with Crippen LogP contribution in [0.2, 0.25) is 0 Å². The fourth-order valence-corrected chi connectivity index (χ4v) is 1.35. The Morgan fingerprint density at radius 1 is 1.43 bits per heavy atom. The first-order valence-electron chi connectivity index (χ1n) is 4.97. The molecule has 1 aromatic rings. The molecule has 0 bridgehead atoms. The molecule has 0 saturated heterocycles. The number of aryl methyl sites for hydroxylation is 1. The van der Waals surface area contributed by atoms with Crippen LogP contribution in [0.15, 0.2) is 12.1 Å². The lowest BCUT2D eigenvalue weighted by Crippen LogP contribution is -2.11. The Morgan fingerprint density at radius 2 is 2.14 bits per heavy atom. The van der Waals surface area contributed by atoms with Crippen LogP contribution in [0.3, 0.4) is 0 Å². The number of rotatable bonds is 4. The second-order valence-corrected chi connectivity index (χ2v) is 3.71. The lowest BCUT2D eigenvalue weighted by molar-refractivity contribution is 0.299. The Labute approximate surface area is 85.2 Å². The highest BCUT2D eigenvalue weighted by atomic mass is 16.2. The molecule has 0 spiro atoms. The standard InChI is InChI=1S/C11H18N2O/c1-8(2)12-11-5-4-10(6-7-14)9(3)13-11/h4-5,8,14H,6-7H2,1-3H3,(H,12,13). The first-order valence-corrected chi connectivity index (χ1v) is 4.97.